The van der Waals surface area contributed by atoms with Gasteiger partial charge < -0.3 is 15.1 Å². The Morgan fingerprint density at radius 1 is 1.24 bits per heavy atom. The number of anilines is 2. The van der Waals surface area contributed by atoms with Gasteiger partial charge in [-0.3, -0.25) is 4.79 Å². The van der Waals surface area contributed by atoms with Crippen LogP contribution in [0.25, 0.3) is 0 Å². The van der Waals surface area contributed by atoms with Crippen molar-refractivity contribution in [2.45, 2.75) is 0 Å². The van der Waals surface area contributed by atoms with Crippen molar-refractivity contribution >= 4 is 28.2 Å². The van der Waals surface area contributed by atoms with Crippen LogP contribution >= 0.6 is 11.3 Å². The Hall–Kier alpha value is -2.15. The lowest BCUT2D eigenvalue weighted by molar-refractivity contribution is 0.0747. The van der Waals surface area contributed by atoms with Gasteiger partial charge in [0.1, 0.15) is 5.82 Å². The van der Waals surface area contributed by atoms with Gasteiger partial charge in [-0.1, -0.05) is 0 Å². The molecule has 0 bridgehead atoms. The smallest absolute Gasteiger partial charge is 0.257 e. The van der Waals surface area contributed by atoms with Gasteiger partial charge in [0, 0.05) is 51.0 Å². The summed E-state index contributed by atoms with van der Waals surface area (Å²) in [5, 5.41) is 5.97. The van der Waals surface area contributed by atoms with Crippen molar-refractivity contribution in [3.05, 3.63) is 35.5 Å². The van der Waals surface area contributed by atoms with Crippen molar-refractivity contribution in [1.82, 2.24) is 14.9 Å². The van der Waals surface area contributed by atoms with E-state index in [0.717, 1.165) is 18.2 Å². The Bertz CT molecular complexity index is 608. The van der Waals surface area contributed by atoms with Gasteiger partial charge in [0.2, 0.25) is 0 Å². The Labute approximate surface area is 127 Å². The van der Waals surface area contributed by atoms with E-state index in [2.05, 4.69) is 20.2 Å². The molecule has 2 aromatic rings. The molecule has 6 nitrogen and oxygen atoms in total. The minimum Gasteiger partial charge on any atom is -0.372 e. The lowest BCUT2D eigenvalue weighted by atomic mass is 10.2. The molecule has 21 heavy (non-hydrogen) atoms. The highest BCUT2D eigenvalue weighted by Gasteiger charge is 2.24. The first kappa shape index (κ1) is 13.8. The van der Waals surface area contributed by atoms with Crippen LogP contribution in [0.2, 0.25) is 0 Å². The van der Waals surface area contributed by atoms with Crippen LogP contribution in [0.4, 0.5) is 10.9 Å². The molecule has 7 heteroatoms. The molecular weight excluding hydrogens is 286 g/mol. The summed E-state index contributed by atoms with van der Waals surface area (Å²) in [6, 6.07) is 3.61. The van der Waals surface area contributed by atoms with E-state index in [4.69, 9.17) is 0 Å². The molecule has 2 aromatic heterocycles. The normalized spacial score (nSPS) is 15.1. The number of nitrogens with zero attached hydrogens (tertiary/aromatic N) is 4. The maximum absolute atomic E-state index is 12.6. The number of carbonyl (C=O) groups is 1. The van der Waals surface area contributed by atoms with Crippen LogP contribution in [-0.2, 0) is 0 Å². The maximum Gasteiger partial charge on any atom is 0.257 e. The van der Waals surface area contributed by atoms with Crippen molar-refractivity contribution in [3.8, 4) is 0 Å². The van der Waals surface area contributed by atoms with Crippen molar-refractivity contribution < 1.29 is 4.79 Å². The number of hydrogen-bond donors (Lipinski definition) is 1. The first-order valence-electron chi connectivity index (χ1n) is 6.86. The summed E-state index contributed by atoms with van der Waals surface area (Å²) in [7, 11) is 1.78. The standard InChI is InChI=1S/C14H17N5OS/c1-15-12-11(3-2-4-16-12)13(20)18-6-8-19(9-7-18)14-17-5-10-21-14/h2-5,10H,6-9H2,1H3,(H,15,16). The number of nitrogens with one attached hydrogen (secondary N) is 1. The molecule has 1 aliphatic rings. The van der Waals surface area contributed by atoms with Crippen LogP contribution in [0, 0.1) is 0 Å². The van der Waals surface area contributed by atoms with E-state index < -0.39 is 0 Å². The van der Waals surface area contributed by atoms with E-state index in [1.165, 1.54) is 0 Å². The summed E-state index contributed by atoms with van der Waals surface area (Å²) in [6.07, 6.45) is 3.50. The Morgan fingerprint density at radius 2 is 2.05 bits per heavy atom. The largest absolute Gasteiger partial charge is 0.372 e. The number of aromatic nitrogens is 2. The quantitative estimate of drug-likeness (QED) is 0.932. The third kappa shape index (κ3) is 2.82. The fourth-order valence-corrected chi connectivity index (χ4v) is 3.12. The van der Waals surface area contributed by atoms with Gasteiger partial charge in [-0.15, -0.1) is 11.3 Å². The number of hydrogen-bond acceptors (Lipinski definition) is 6. The first-order chi connectivity index (χ1) is 10.3. The Morgan fingerprint density at radius 3 is 2.71 bits per heavy atom. The van der Waals surface area contributed by atoms with Gasteiger partial charge in [-0.25, -0.2) is 9.97 Å². The topological polar surface area (TPSA) is 61.4 Å². The van der Waals surface area contributed by atoms with Crippen molar-refractivity contribution in [2.24, 2.45) is 0 Å². The molecule has 1 saturated heterocycles. The van der Waals surface area contributed by atoms with Gasteiger partial charge in [-0.2, -0.15) is 0 Å². The van der Waals surface area contributed by atoms with Crippen LogP contribution in [0.3, 0.4) is 0 Å². The second-order valence-corrected chi connectivity index (χ2v) is 5.62. The minimum atomic E-state index is 0.0336. The van der Waals surface area contributed by atoms with Gasteiger partial charge in [0.05, 0.1) is 5.56 Å². The molecule has 0 radical (unpaired) electrons. The predicted molar refractivity (Wildman–Crippen MR) is 84.0 cm³/mol. The summed E-state index contributed by atoms with van der Waals surface area (Å²) in [6.45, 7) is 3.04. The SMILES string of the molecule is CNc1ncccc1C(=O)N1CCN(c2nccs2)CC1. The van der Waals surface area contributed by atoms with Crippen molar-refractivity contribution in [2.75, 3.05) is 43.4 Å². The zero-order valence-corrected chi connectivity index (χ0v) is 12.6. The van der Waals surface area contributed by atoms with Crippen LogP contribution in [0.15, 0.2) is 29.9 Å². The van der Waals surface area contributed by atoms with E-state index in [1.807, 2.05) is 22.5 Å². The fourth-order valence-electron chi connectivity index (χ4n) is 2.42. The maximum atomic E-state index is 12.6. The van der Waals surface area contributed by atoms with Crippen molar-refractivity contribution in [1.29, 1.82) is 0 Å². The molecule has 1 aliphatic heterocycles. The summed E-state index contributed by atoms with van der Waals surface area (Å²) < 4.78 is 0. The summed E-state index contributed by atoms with van der Waals surface area (Å²) in [5.41, 5.74) is 0.627. The number of piperazine rings is 1. The van der Waals surface area contributed by atoms with E-state index >= 15 is 0 Å². The molecule has 1 fully saturated rings. The van der Waals surface area contributed by atoms with E-state index in [1.54, 1.807) is 30.6 Å². The van der Waals surface area contributed by atoms with E-state index in [9.17, 15) is 4.79 Å². The minimum absolute atomic E-state index is 0.0336. The molecule has 1 N–H and O–H groups in total. The predicted octanol–water partition coefficient (Wildman–Crippen LogP) is 1.54. The molecular formula is C14H17N5OS. The van der Waals surface area contributed by atoms with Crippen LogP contribution in [0.1, 0.15) is 10.4 Å². The number of amides is 1. The van der Waals surface area contributed by atoms with Gasteiger partial charge in [-0.05, 0) is 12.1 Å². The van der Waals surface area contributed by atoms with Crippen LogP contribution in [0.5, 0.6) is 0 Å². The summed E-state index contributed by atoms with van der Waals surface area (Å²) >= 11 is 1.63. The number of pyridine rings is 1. The number of thiazole rings is 1. The van der Waals surface area contributed by atoms with E-state index in [0.29, 0.717) is 24.5 Å². The highest BCUT2D eigenvalue weighted by atomic mass is 32.1. The molecule has 0 saturated carbocycles. The molecule has 3 rings (SSSR count). The monoisotopic (exact) mass is 303 g/mol. The zero-order chi connectivity index (χ0) is 14.7. The van der Waals surface area contributed by atoms with E-state index in [-0.39, 0.29) is 5.91 Å². The third-order valence-electron chi connectivity index (χ3n) is 3.53. The van der Waals surface area contributed by atoms with Gasteiger partial charge in [0.15, 0.2) is 5.13 Å². The first-order valence-corrected chi connectivity index (χ1v) is 7.74. The molecule has 3 heterocycles. The van der Waals surface area contributed by atoms with Crippen LogP contribution in [-0.4, -0.2) is 54.0 Å². The summed E-state index contributed by atoms with van der Waals surface area (Å²) in [5.74, 6) is 0.663. The van der Waals surface area contributed by atoms with Crippen molar-refractivity contribution in [3.63, 3.8) is 0 Å². The molecule has 0 aromatic carbocycles. The van der Waals surface area contributed by atoms with Gasteiger partial charge in [0.25, 0.3) is 5.91 Å². The molecule has 0 atom stereocenters. The zero-order valence-electron chi connectivity index (χ0n) is 11.8. The van der Waals surface area contributed by atoms with Crippen LogP contribution < -0.4 is 10.2 Å². The molecule has 0 unspecified atom stereocenters. The number of rotatable bonds is 3. The Kier molecular flexibility index (Phi) is 4.01. The molecule has 110 valence electrons. The average molecular weight is 303 g/mol. The highest BCUT2D eigenvalue weighted by molar-refractivity contribution is 7.13. The summed E-state index contributed by atoms with van der Waals surface area (Å²) in [4.78, 5) is 25.2. The third-order valence-corrected chi connectivity index (χ3v) is 4.36. The highest BCUT2D eigenvalue weighted by Crippen LogP contribution is 2.20. The molecule has 1 amide bonds. The Balaban J connectivity index is 1.68. The van der Waals surface area contributed by atoms with Gasteiger partial charge >= 0.3 is 0 Å². The lowest BCUT2D eigenvalue weighted by Gasteiger charge is -2.34. The second-order valence-electron chi connectivity index (χ2n) is 4.74. The second kappa shape index (κ2) is 6.09. The molecule has 0 spiro atoms. The number of carbonyl (C=O) groups excluding carboxylic acids is 1. The molecule has 0 aliphatic carbocycles. The fraction of sp³-hybridized carbons (Fsp3) is 0.357. The average Bonchev–Trinajstić information content (AvgIpc) is 3.09. The lowest BCUT2D eigenvalue weighted by Crippen LogP contribution is -2.48.